The number of hydrogen-bond donors (Lipinski definition) is 0. The minimum absolute atomic E-state index is 0.00122. The maximum Gasteiger partial charge on any atom is 0.253 e. The van der Waals surface area contributed by atoms with Crippen molar-refractivity contribution >= 4 is 11.8 Å². The van der Waals surface area contributed by atoms with Gasteiger partial charge >= 0.3 is 0 Å². The van der Waals surface area contributed by atoms with Gasteiger partial charge in [0.2, 0.25) is 5.91 Å². The molecule has 0 radical (unpaired) electrons. The summed E-state index contributed by atoms with van der Waals surface area (Å²) in [7, 11) is 4.13. The second-order valence-corrected chi connectivity index (χ2v) is 7.48. The van der Waals surface area contributed by atoms with Crippen molar-refractivity contribution in [3.05, 3.63) is 35.9 Å². The molecule has 0 saturated carbocycles. The van der Waals surface area contributed by atoms with E-state index in [9.17, 15) is 9.59 Å². The SMILES string of the molecule is CCC(=O)N1C[C@H]2CN(C(=O)c3ccccc3)C[C@@]2(CN(C)C)C1. The van der Waals surface area contributed by atoms with Crippen LogP contribution < -0.4 is 0 Å². The summed E-state index contributed by atoms with van der Waals surface area (Å²) in [4.78, 5) is 31.1. The van der Waals surface area contributed by atoms with Crippen molar-refractivity contribution in [2.45, 2.75) is 13.3 Å². The lowest BCUT2D eigenvalue weighted by molar-refractivity contribution is -0.130. The Hall–Kier alpha value is -1.88. The van der Waals surface area contributed by atoms with Crippen molar-refractivity contribution in [1.29, 1.82) is 0 Å². The van der Waals surface area contributed by atoms with Gasteiger partial charge in [0.15, 0.2) is 0 Å². The Labute approximate surface area is 144 Å². The highest BCUT2D eigenvalue weighted by Gasteiger charge is 2.54. The Bertz CT molecular complexity index is 616. The monoisotopic (exact) mass is 329 g/mol. The predicted octanol–water partition coefficient (Wildman–Crippen LogP) is 1.56. The highest BCUT2D eigenvalue weighted by molar-refractivity contribution is 5.94. The van der Waals surface area contributed by atoms with Crippen LogP contribution in [0.3, 0.4) is 0 Å². The van der Waals surface area contributed by atoms with Crippen molar-refractivity contribution in [3.63, 3.8) is 0 Å². The van der Waals surface area contributed by atoms with Crippen molar-refractivity contribution in [3.8, 4) is 0 Å². The van der Waals surface area contributed by atoms with Gasteiger partial charge in [-0.15, -0.1) is 0 Å². The zero-order valence-corrected chi connectivity index (χ0v) is 14.9. The van der Waals surface area contributed by atoms with Crippen LogP contribution >= 0.6 is 0 Å². The molecule has 24 heavy (non-hydrogen) atoms. The molecule has 0 unspecified atom stereocenters. The van der Waals surface area contributed by atoms with Gasteiger partial charge < -0.3 is 14.7 Å². The van der Waals surface area contributed by atoms with Gasteiger partial charge in [0, 0.05) is 56.0 Å². The molecule has 2 aliphatic rings. The first-order valence-corrected chi connectivity index (χ1v) is 8.72. The topological polar surface area (TPSA) is 43.9 Å². The summed E-state index contributed by atoms with van der Waals surface area (Å²) in [6.45, 7) is 5.84. The van der Waals surface area contributed by atoms with Gasteiger partial charge in [-0.05, 0) is 26.2 Å². The summed E-state index contributed by atoms with van der Waals surface area (Å²) in [5, 5.41) is 0. The molecule has 5 heteroatoms. The van der Waals surface area contributed by atoms with Crippen LogP contribution in [0.5, 0.6) is 0 Å². The minimum atomic E-state index is -0.00122. The third-order valence-corrected chi connectivity index (χ3v) is 5.35. The maximum atomic E-state index is 12.8. The van der Waals surface area contributed by atoms with Crippen LogP contribution in [0.2, 0.25) is 0 Å². The summed E-state index contributed by atoms with van der Waals surface area (Å²) >= 11 is 0. The van der Waals surface area contributed by atoms with Crippen LogP contribution in [0.4, 0.5) is 0 Å². The van der Waals surface area contributed by atoms with Gasteiger partial charge in [-0.25, -0.2) is 0 Å². The number of fused-ring (bicyclic) bond motifs is 1. The van der Waals surface area contributed by atoms with E-state index in [-0.39, 0.29) is 17.2 Å². The molecule has 0 bridgehead atoms. The maximum absolute atomic E-state index is 12.8. The number of hydrogen-bond acceptors (Lipinski definition) is 3. The zero-order valence-electron chi connectivity index (χ0n) is 14.9. The van der Waals surface area contributed by atoms with Crippen LogP contribution in [-0.4, -0.2) is 73.3 Å². The molecule has 1 aromatic rings. The molecule has 2 aliphatic heterocycles. The van der Waals surface area contributed by atoms with E-state index in [0.29, 0.717) is 12.3 Å². The summed E-state index contributed by atoms with van der Waals surface area (Å²) in [5.74, 6) is 0.697. The standard InChI is InChI=1S/C19H27N3O2/c1-4-17(23)21-10-16-11-22(14-19(16,13-21)12-20(2)3)18(24)15-8-6-5-7-9-15/h5-9,16H,4,10-14H2,1-3H3/t16-,19+/m0/s1. The van der Waals surface area contributed by atoms with Crippen LogP contribution in [0.1, 0.15) is 23.7 Å². The van der Waals surface area contributed by atoms with Crippen molar-refractivity contribution in [2.24, 2.45) is 11.3 Å². The second-order valence-electron chi connectivity index (χ2n) is 7.48. The molecule has 2 heterocycles. The summed E-state index contributed by atoms with van der Waals surface area (Å²) in [5.41, 5.74) is 0.748. The zero-order chi connectivity index (χ0) is 17.3. The normalized spacial score (nSPS) is 26.1. The number of carbonyl (C=O) groups excluding carboxylic acids is 2. The second kappa shape index (κ2) is 6.55. The van der Waals surface area contributed by atoms with Gasteiger partial charge in [-0.1, -0.05) is 25.1 Å². The molecule has 130 valence electrons. The van der Waals surface area contributed by atoms with E-state index in [0.717, 1.165) is 38.3 Å². The lowest BCUT2D eigenvalue weighted by atomic mass is 9.80. The molecule has 0 aliphatic carbocycles. The predicted molar refractivity (Wildman–Crippen MR) is 93.7 cm³/mol. The molecule has 0 N–H and O–H groups in total. The van der Waals surface area contributed by atoms with E-state index < -0.39 is 0 Å². The molecule has 1 aromatic carbocycles. The average Bonchev–Trinajstić information content (AvgIpc) is 3.07. The molecule has 3 rings (SSSR count). The third-order valence-electron chi connectivity index (χ3n) is 5.35. The molecule has 2 fully saturated rings. The van der Waals surface area contributed by atoms with Gasteiger partial charge in [0.05, 0.1) is 0 Å². The minimum Gasteiger partial charge on any atom is -0.342 e. The Morgan fingerprint density at radius 2 is 1.75 bits per heavy atom. The summed E-state index contributed by atoms with van der Waals surface area (Å²) in [6.07, 6.45) is 0.553. The third kappa shape index (κ3) is 3.05. The molecule has 5 nitrogen and oxygen atoms in total. The van der Waals surface area contributed by atoms with E-state index >= 15 is 0 Å². The molecule has 2 amide bonds. The van der Waals surface area contributed by atoms with Crippen molar-refractivity contribution < 1.29 is 9.59 Å². The number of nitrogens with zero attached hydrogens (tertiary/aromatic N) is 3. The molecular formula is C19H27N3O2. The molecule has 0 aromatic heterocycles. The molecule has 2 atom stereocenters. The van der Waals surface area contributed by atoms with E-state index in [1.807, 2.05) is 47.1 Å². The van der Waals surface area contributed by atoms with E-state index in [2.05, 4.69) is 19.0 Å². The molecule has 2 saturated heterocycles. The molecular weight excluding hydrogens is 302 g/mol. The van der Waals surface area contributed by atoms with Crippen LogP contribution in [0.25, 0.3) is 0 Å². The summed E-state index contributed by atoms with van der Waals surface area (Å²) in [6, 6.07) is 9.49. The van der Waals surface area contributed by atoms with Crippen LogP contribution in [0.15, 0.2) is 30.3 Å². The first-order chi connectivity index (χ1) is 11.4. The fourth-order valence-corrected chi connectivity index (χ4v) is 4.37. The fourth-order valence-electron chi connectivity index (χ4n) is 4.37. The quantitative estimate of drug-likeness (QED) is 0.842. The lowest BCUT2D eigenvalue weighted by Gasteiger charge is -2.32. The average molecular weight is 329 g/mol. The van der Waals surface area contributed by atoms with Crippen molar-refractivity contribution in [2.75, 3.05) is 46.8 Å². The Balaban J connectivity index is 1.79. The van der Waals surface area contributed by atoms with Gasteiger partial charge in [-0.3, -0.25) is 9.59 Å². The van der Waals surface area contributed by atoms with E-state index in [4.69, 9.17) is 0 Å². The lowest BCUT2D eigenvalue weighted by Crippen LogP contribution is -2.43. The number of likely N-dealkylation sites (tertiary alicyclic amines) is 2. The number of rotatable bonds is 4. The van der Waals surface area contributed by atoms with Gasteiger partial charge in [0.1, 0.15) is 0 Å². The summed E-state index contributed by atoms with van der Waals surface area (Å²) < 4.78 is 0. The number of benzene rings is 1. The van der Waals surface area contributed by atoms with Gasteiger partial charge in [0.25, 0.3) is 5.91 Å². The first kappa shape index (κ1) is 17.0. The van der Waals surface area contributed by atoms with Crippen LogP contribution in [0, 0.1) is 11.3 Å². The van der Waals surface area contributed by atoms with E-state index in [1.165, 1.54) is 0 Å². The largest absolute Gasteiger partial charge is 0.342 e. The Morgan fingerprint density at radius 1 is 1.12 bits per heavy atom. The number of amides is 2. The van der Waals surface area contributed by atoms with Gasteiger partial charge in [-0.2, -0.15) is 0 Å². The number of carbonyl (C=O) groups is 2. The first-order valence-electron chi connectivity index (χ1n) is 8.72. The van der Waals surface area contributed by atoms with Crippen LogP contribution in [-0.2, 0) is 4.79 Å². The Kier molecular flexibility index (Phi) is 4.63. The highest BCUT2D eigenvalue weighted by atomic mass is 16.2. The highest BCUT2D eigenvalue weighted by Crippen LogP contribution is 2.43. The molecule has 0 spiro atoms. The fraction of sp³-hybridized carbons (Fsp3) is 0.579. The Morgan fingerprint density at radius 3 is 2.38 bits per heavy atom. The van der Waals surface area contributed by atoms with E-state index in [1.54, 1.807) is 0 Å². The smallest absolute Gasteiger partial charge is 0.253 e. The van der Waals surface area contributed by atoms with Crippen molar-refractivity contribution in [1.82, 2.24) is 14.7 Å².